The largest absolute Gasteiger partial charge is 0.459 e. The van der Waals surface area contributed by atoms with E-state index in [2.05, 4.69) is 5.32 Å². The lowest BCUT2D eigenvalue weighted by Crippen LogP contribution is -2.28. The molecule has 28 heavy (non-hydrogen) atoms. The summed E-state index contributed by atoms with van der Waals surface area (Å²) in [7, 11) is 0. The fourth-order valence-corrected chi connectivity index (χ4v) is 3.16. The molecule has 8 heteroatoms. The summed E-state index contributed by atoms with van der Waals surface area (Å²) < 4.78 is 5.18. The standard InChI is InChI=1S/C20H15N3O5/c24-19(13-3-6-16(7-4-13)23(26)27)21-15-5-8-17-14(12-15)9-10-22(17)20(25)18-2-1-11-28-18/h1-8,11-12H,9-10H2,(H,21,24). The molecule has 0 aliphatic carbocycles. The molecule has 2 aromatic carbocycles. The number of nitro benzene ring substituents is 1. The van der Waals surface area contributed by atoms with Crippen LogP contribution in [0.5, 0.6) is 0 Å². The van der Waals surface area contributed by atoms with Gasteiger partial charge in [-0.3, -0.25) is 19.7 Å². The molecule has 1 aliphatic rings. The normalized spacial score (nSPS) is 12.5. The summed E-state index contributed by atoms with van der Waals surface area (Å²) in [4.78, 5) is 36.7. The van der Waals surface area contributed by atoms with Crippen LogP contribution in [0.15, 0.2) is 65.3 Å². The third kappa shape index (κ3) is 3.23. The van der Waals surface area contributed by atoms with Crippen molar-refractivity contribution in [2.24, 2.45) is 0 Å². The van der Waals surface area contributed by atoms with Crippen molar-refractivity contribution in [1.29, 1.82) is 0 Å². The van der Waals surface area contributed by atoms with Crippen molar-refractivity contribution in [3.63, 3.8) is 0 Å². The Morgan fingerprint density at radius 3 is 2.57 bits per heavy atom. The molecular formula is C20H15N3O5. The lowest BCUT2D eigenvalue weighted by atomic mass is 10.1. The Morgan fingerprint density at radius 1 is 1.11 bits per heavy atom. The highest BCUT2D eigenvalue weighted by molar-refractivity contribution is 6.07. The highest BCUT2D eigenvalue weighted by Gasteiger charge is 2.27. The van der Waals surface area contributed by atoms with Gasteiger partial charge in [-0.1, -0.05) is 0 Å². The molecule has 0 saturated heterocycles. The van der Waals surface area contributed by atoms with E-state index < -0.39 is 4.92 Å². The van der Waals surface area contributed by atoms with Gasteiger partial charge in [-0.2, -0.15) is 0 Å². The smallest absolute Gasteiger partial charge is 0.293 e. The minimum absolute atomic E-state index is 0.0737. The quantitative estimate of drug-likeness (QED) is 0.552. The summed E-state index contributed by atoms with van der Waals surface area (Å²) in [5.41, 5.74) is 2.57. The monoisotopic (exact) mass is 377 g/mol. The Balaban J connectivity index is 1.49. The van der Waals surface area contributed by atoms with Crippen molar-refractivity contribution in [2.75, 3.05) is 16.8 Å². The maximum Gasteiger partial charge on any atom is 0.293 e. The molecule has 140 valence electrons. The zero-order valence-corrected chi connectivity index (χ0v) is 14.6. The third-order valence-electron chi connectivity index (χ3n) is 4.55. The molecule has 0 unspecified atom stereocenters. The Bertz CT molecular complexity index is 1060. The van der Waals surface area contributed by atoms with Crippen molar-refractivity contribution in [3.8, 4) is 0 Å². The van der Waals surface area contributed by atoms with Gasteiger partial charge in [-0.15, -0.1) is 0 Å². The van der Waals surface area contributed by atoms with Crippen molar-refractivity contribution < 1.29 is 18.9 Å². The molecule has 1 aromatic heterocycles. The van der Waals surface area contributed by atoms with Gasteiger partial charge < -0.3 is 14.6 Å². The summed E-state index contributed by atoms with van der Waals surface area (Å²) in [6.07, 6.45) is 2.13. The summed E-state index contributed by atoms with van der Waals surface area (Å²) in [6.45, 7) is 0.536. The zero-order valence-electron chi connectivity index (χ0n) is 14.6. The molecule has 8 nitrogen and oxygen atoms in total. The fourth-order valence-electron chi connectivity index (χ4n) is 3.16. The molecule has 0 atom stereocenters. The number of nitrogens with one attached hydrogen (secondary N) is 1. The van der Waals surface area contributed by atoms with E-state index in [1.807, 2.05) is 6.07 Å². The first-order chi connectivity index (χ1) is 13.5. The average Bonchev–Trinajstić information content (AvgIpc) is 3.37. The number of carbonyl (C=O) groups is 2. The van der Waals surface area contributed by atoms with Gasteiger partial charge in [0.1, 0.15) is 0 Å². The Kier molecular flexibility index (Phi) is 4.36. The number of furan rings is 1. The van der Waals surface area contributed by atoms with Gasteiger partial charge in [0.15, 0.2) is 5.76 Å². The number of hydrogen-bond donors (Lipinski definition) is 1. The minimum atomic E-state index is -0.516. The van der Waals surface area contributed by atoms with Crippen LogP contribution in [-0.2, 0) is 6.42 Å². The highest BCUT2D eigenvalue weighted by atomic mass is 16.6. The summed E-state index contributed by atoms with van der Waals surface area (Å²) in [5.74, 6) is -0.286. The number of amides is 2. The zero-order chi connectivity index (χ0) is 19.7. The van der Waals surface area contributed by atoms with E-state index in [9.17, 15) is 19.7 Å². The lowest BCUT2D eigenvalue weighted by molar-refractivity contribution is -0.384. The molecular weight excluding hydrogens is 362 g/mol. The van der Waals surface area contributed by atoms with Gasteiger partial charge in [-0.05, 0) is 54.4 Å². The molecule has 1 aliphatic heterocycles. The second-order valence-electron chi connectivity index (χ2n) is 6.29. The summed E-state index contributed by atoms with van der Waals surface area (Å²) in [5, 5.41) is 13.5. The second-order valence-corrected chi connectivity index (χ2v) is 6.29. The van der Waals surface area contributed by atoms with Crippen LogP contribution in [0.3, 0.4) is 0 Å². The van der Waals surface area contributed by atoms with Crippen LogP contribution in [0.4, 0.5) is 17.1 Å². The van der Waals surface area contributed by atoms with Gasteiger partial charge in [-0.25, -0.2) is 0 Å². The number of nitrogens with zero attached hydrogens (tertiary/aromatic N) is 2. The Morgan fingerprint density at radius 2 is 1.89 bits per heavy atom. The molecule has 0 bridgehead atoms. The van der Waals surface area contributed by atoms with Crippen LogP contribution >= 0.6 is 0 Å². The molecule has 0 spiro atoms. The van der Waals surface area contributed by atoms with E-state index in [0.717, 1.165) is 11.3 Å². The predicted octanol–water partition coefficient (Wildman–Crippen LogP) is 3.64. The van der Waals surface area contributed by atoms with Crippen LogP contribution in [0.25, 0.3) is 0 Å². The number of carbonyl (C=O) groups excluding carboxylic acids is 2. The van der Waals surface area contributed by atoms with Crippen molar-refractivity contribution in [3.05, 3.63) is 87.9 Å². The van der Waals surface area contributed by atoms with Crippen molar-refractivity contribution >= 4 is 28.9 Å². The number of anilines is 2. The van der Waals surface area contributed by atoms with Crippen LogP contribution in [-0.4, -0.2) is 23.3 Å². The van der Waals surface area contributed by atoms with Gasteiger partial charge in [0, 0.05) is 35.6 Å². The molecule has 2 heterocycles. The molecule has 3 aromatic rings. The van der Waals surface area contributed by atoms with Crippen molar-refractivity contribution in [1.82, 2.24) is 0 Å². The molecule has 0 fully saturated rings. The Labute approximate surface area is 159 Å². The number of nitro groups is 1. The van der Waals surface area contributed by atoms with E-state index in [0.29, 0.717) is 24.2 Å². The molecule has 4 rings (SSSR count). The SMILES string of the molecule is O=C(Nc1ccc2c(c1)CCN2C(=O)c1ccco1)c1ccc([N+](=O)[O-])cc1. The maximum atomic E-state index is 12.5. The summed E-state index contributed by atoms with van der Waals surface area (Å²) >= 11 is 0. The van der Waals surface area contributed by atoms with Gasteiger partial charge >= 0.3 is 0 Å². The van der Waals surface area contributed by atoms with Crippen LogP contribution < -0.4 is 10.2 Å². The van der Waals surface area contributed by atoms with E-state index in [-0.39, 0.29) is 23.3 Å². The number of benzene rings is 2. The van der Waals surface area contributed by atoms with E-state index in [4.69, 9.17) is 4.42 Å². The number of non-ortho nitro benzene ring substituents is 1. The van der Waals surface area contributed by atoms with Gasteiger partial charge in [0.2, 0.25) is 0 Å². The predicted molar refractivity (Wildman–Crippen MR) is 102 cm³/mol. The van der Waals surface area contributed by atoms with Crippen LogP contribution in [0, 0.1) is 10.1 Å². The molecule has 2 amide bonds. The van der Waals surface area contributed by atoms with Gasteiger partial charge in [0.25, 0.3) is 17.5 Å². The number of fused-ring (bicyclic) bond motifs is 1. The van der Waals surface area contributed by atoms with E-state index >= 15 is 0 Å². The van der Waals surface area contributed by atoms with Gasteiger partial charge in [0.05, 0.1) is 11.2 Å². The highest BCUT2D eigenvalue weighted by Crippen LogP contribution is 2.32. The first-order valence-corrected chi connectivity index (χ1v) is 8.57. The maximum absolute atomic E-state index is 12.5. The average molecular weight is 377 g/mol. The summed E-state index contributed by atoms with van der Waals surface area (Å²) in [6, 6.07) is 14.0. The first kappa shape index (κ1) is 17.5. The van der Waals surface area contributed by atoms with Crippen molar-refractivity contribution in [2.45, 2.75) is 6.42 Å². The molecule has 1 N–H and O–H groups in total. The van der Waals surface area contributed by atoms with Crippen LogP contribution in [0.2, 0.25) is 0 Å². The molecule has 0 saturated carbocycles. The fraction of sp³-hybridized carbons (Fsp3) is 0.100. The lowest BCUT2D eigenvalue weighted by Gasteiger charge is -2.16. The topological polar surface area (TPSA) is 106 Å². The minimum Gasteiger partial charge on any atom is -0.459 e. The number of rotatable bonds is 4. The van der Waals surface area contributed by atoms with E-state index in [1.54, 1.807) is 29.2 Å². The third-order valence-corrected chi connectivity index (χ3v) is 4.55. The molecule has 0 radical (unpaired) electrons. The first-order valence-electron chi connectivity index (χ1n) is 8.57. The Hall–Kier alpha value is -3.94. The van der Waals surface area contributed by atoms with E-state index in [1.165, 1.54) is 30.5 Å². The second kappa shape index (κ2) is 6.99. The number of hydrogen-bond acceptors (Lipinski definition) is 5. The van der Waals surface area contributed by atoms with Crippen LogP contribution in [0.1, 0.15) is 26.5 Å².